The molecule has 0 N–H and O–H groups in total. The average Bonchev–Trinajstić information content (AvgIpc) is 2.57. The molecule has 0 saturated carbocycles. The van der Waals surface area contributed by atoms with Crippen molar-refractivity contribution in [1.82, 2.24) is 0 Å². The Balaban J connectivity index is 0.00000312. The molecule has 0 heterocycles. The molecule has 3 nitrogen and oxygen atoms in total. The molecule has 2 rings (SSSR count). The van der Waals surface area contributed by atoms with Gasteiger partial charge in [0.2, 0.25) is 0 Å². The van der Waals surface area contributed by atoms with Gasteiger partial charge in [0.25, 0.3) is 0 Å². The molecule has 0 saturated heterocycles. The predicted octanol–water partition coefficient (Wildman–Crippen LogP) is 0.766. The largest absolute Gasteiger partial charge is 1.00 e. The topological polar surface area (TPSA) is 26.3 Å². The summed E-state index contributed by atoms with van der Waals surface area (Å²) in [6.07, 6.45) is 11.0. The molecule has 1 aliphatic carbocycles. The van der Waals surface area contributed by atoms with E-state index in [0.29, 0.717) is 6.61 Å². The Morgan fingerprint density at radius 3 is 2.56 bits per heavy atom. The van der Waals surface area contributed by atoms with Crippen LogP contribution in [0.25, 0.3) is 6.08 Å². The van der Waals surface area contributed by atoms with E-state index >= 15 is 0 Å². The smallest absolute Gasteiger partial charge is 0.330 e. The first-order valence-electron chi connectivity index (χ1n) is 8.22. The number of likely N-dealkylation sites (N-methyl/N-ethyl adjacent to an activating group) is 1. The standard InChI is InChI=1S/C21H26NO2.BrH/c1-4-21(23)24-15-14-22(2,3)17-20-12-10-19(11-13-20)16-18-8-6-5-7-9-18;/h4-10,12-13,16H,1,11,14-15,17H2,2-3H3;1H/q+1;/p-1. The number of carbonyl (C=O) groups is 1. The van der Waals surface area contributed by atoms with Gasteiger partial charge in [-0.05, 0) is 17.6 Å². The highest BCUT2D eigenvalue weighted by Crippen LogP contribution is 2.20. The van der Waals surface area contributed by atoms with Crippen molar-refractivity contribution in [3.63, 3.8) is 0 Å². The third kappa shape index (κ3) is 7.67. The van der Waals surface area contributed by atoms with Crippen LogP contribution in [0.15, 0.2) is 72.4 Å². The predicted molar refractivity (Wildman–Crippen MR) is 99.3 cm³/mol. The summed E-state index contributed by atoms with van der Waals surface area (Å²) in [5, 5.41) is 0. The van der Waals surface area contributed by atoms with Gasteiger partial charge in [-0.2, -0.15) is 0 Å². The fourth-order valence-corrected chi connectivity index (χ4v) is 2.61. The number of quaternary nitrogens is 1. The monoisotopic (exact) mass is 403 g/mol. The summed E-state index contributed by atoms with van der Waals surface area (Å²) < 4.78 is 5.86. The lowest BCUT2D eigenvalue weighted by atomic mass is 9.99. The van der Waals surface area contributed by atoms with E-state index in [9.17, 15) is 4.79 Å². The fourth-order valence-electron chi connectivity index (χ4n) is 2.61. The van der Waals surface area contributed by atoms with Crippen LogP contribution >= 0.6 is 0 Å². The maximum absolute atomic E-state index is 11.1. The van der Waals surface area contributed by atoms with Crippen LogP contribution < -0.4 is 17.0 Å². The zero-order chi connectivity index (χ0) is 17.4. The van der Waals surface area contributed by atoms with Gasteiger partial charge in [0.15, 0.2) is 0 Å². The Morgan fingerprint density at radius 1 is 1.24 bits per heavy atom. The number of carbonyl (C=O) groups excluding carboxylic acids is 1. The van der Waals surface area contributed by atoms with Crippen molar-refractivity contribution < 1.29 is 31.0 Å². The van der Waals surface area contributed by atoms with Crippen LogP contribution in [0.5, 0.6) is 0 Å². The van der Waals surface area contributed by atoms with Crippen molar-refractivity contribution in [3.8, 4) is 0 Å². The van der Waals surface area contributed by atoms with Crippen LogP contribution in [0.1, 0.15) is 12.0 Å². The van der Waals surface area contributed by atoms with E-state index in [0.717, 1.165) is 24.0 Å². The lowest BCUT2D eigenvalue weighted by Crippen LogP contribution is -3.00. The van der Waals surface area contributed by atoms with Gasteiger partial charge in [0.05, 0.1) is 14.1 Å². The lowest BCUT2D eigenvalue weighted by Gasteiger charge is -2.30. The molecule has 0 fully saturated rings. The van der Waals surface area contributed by atoms with E-state index in [1.165, 1.54) is 22.8 Å². The fraction of sp³-hybridized carbons (Fsp3) is 0.286. The normalized spacial score (nSPS) is 15.3. The van der Waals surface area contributed by atoms with Crippen LogP contribution in [0.4, 0.5) is 0 Å². The molecular weight excluding hydrogens is 378 g/mol. The summed E-state index contributed by atoms with van der Waals surface area (Å²) in [5.74, 6) is -0.359. The van der Waals surface area contributed by atoms with E-state index < -0.39 is 0 Å². The first-order valence-corrected chi connectivity index (χ1v) is 8.22. The van der Waals surface area contributed by atoms with Crippen molar-refractivity contribution >= 4 is 12.0 Å². The molecule has 1 aliphatic rings. The Labute approximate surface area is 161 Å². The van der Waals surface area contributed by atoms with Crippen LogP contribution in [0.3, 0.4) is 0 Å². The first kappa shape index (κ1) is 21.1. The van der Waals surface area contributed by atoms with Crippen LogP contribution in [-0.2, 0) is 9.53 Å². The molecule has 1 aromatic carbocycles. The number of benzene rings is 1. The van der Waals surface area contributed by atoms with Gasteiger partial charge in [-0.15, -0.1) is 0 Å². The van der Waals surface area contributed by atoms with Crippen molar-refractivity contribution in [2.45, 2.75) is 6.42 Å². The van der Waals surface area contributed by atoms with Gasteiger partial charge >= 0.3 is 5.97 Å². The van der Waals surface area contributed by atoms with Crippen molar-refractivity contribution in [2.75, 3.05) is 33.8 Å². The maximum Gasteiger partial charge on any atom is 0.330 e. The third-order valence-corrected chi connectivity index (χ3v) is 3.98. The van der Waals surface area contributed by atoms with E-state index in [4.69, 9.17) is 4.74 Å². The van der Waals surface area contributed by atoms with Gasteiger partial charge in [-0.3, -0.25) is 0 Å². The molecule has 0 radical (unpaired) electrons. The molecule has 0 unspecified atom stereocenters. The molecular formula is C21H26BrNO2. The SMILES string of the molecule is C=CC(=O)OCC[N+](C)(C)CC1=CCC(=Cc2ccccc2)C=C1.[Br-]. The maximum atomic E-state index is 11.1. The molecule has 1 aromatic rings. The van der Waals surface area contributed by atoms with Crippen LogP contribution in [0.2, 0.25) is 0 Å². The highest BCUT2D eigenvalue weighted by atomic mass is 79.9. The Bertz CT molecular complexity index is 672. The Morgan fingerprint density at radius 2 is 1.96 bits per heavy atom. The minimum Gasteiger partial charge on any atom is -1.00 e. The number of rotatable bonds is 7. The molecule has 4 heteroatoms. The zero-order valence-electron chi connectivity index (χ0n) is 15.0. The molecule has 0 aliphatic heterocycles. The zero-order valence-corrected chi connectivity index (χ0v) is 16.5. The van der Waals surface area contributed by atoms with Gasteiger partial charge in [0.1, 0.15) is 19.7 Å². The van der Waals surface area contributed by atoms with E-state index in [1.54, 1.807) is 0 Å². The molecule has 0 spiro atoms. The summed E-state index contributed by atoms with van der Waals surface area (Å²) in [6.45, 7) is 5.51. The van der Waals surface area contributed by atoms with Gasteiger partial charge in [-0.1, -0.05) is 61.2 Å². The second-order valence-corrected chi connectivity index (χ2v) is 6.64. The highest BCUT2D eigenvalue weighted by Gasteiger charge is 2.18. The quantitative estimate of drug-likeness (QED) is 0.381. The van der Waals surface area contributed by atoms with Gasteiger partial charge in [0, 0.05) is 11.6 Å². The number of hydrogen-bond acceptors (Lipinski definition) is 2. The average molecular weight is 404 g/mol. The van der Waals surface area contributed by atoms with Crippen molar-refractivity contribution in [1.29, 1.82) is 0 Å². The van der Waals surface area contributed by atoms with Crippen LogP contribution in [-0.4, -0.2) is 44.2 Å². The Hall–Kier alpha value is -1.91. The summed E-state index contributed by atoms with van der Waals surface area (Å²) >= 11 is 0. The highest BCUT2D eigenvalue weighted by molar-refractivity contribution is 5.81. The summed E-state index contributed by atoms with van der Waals surface area (Å²) in [6, 6.07) is 10.4. The molecule has 0 aromatic heterocycles. The number of nitrogens with zero attached hydrogens (tertiary/aromatic N) is 1. The number of hydrogen-bond donors (Lipinski definition) is 0. The molecule has 0 atom stereocenters. The van der Waals surface area contributed by atoms with E-state index in [-0.39, 0.29) is 23.0 Å². The minimum atomic E-state index is -0.359. The van der Waals surface area contributed by atoms with Gasteiger partial charge in [-0.25, -0.2) is 4.79 Å². The molecule has 0 bridgehead atoms. The van der Waals surface area contributed by atoms with Crippen molar-refractivity contribution in [3.05, 3.63) is 77.9 Å². The van der Waals surface area contributed by atoms with Gasteiger partial charge < -0.3 is 26.2 Å². The summed E-state index contributed by atoms with van der Waals surface area (Å²) in [4.78, 5) is 11.1. The van der Waals surface area contributed by atoms with Crippen molar-refractivity contribution in [2.24, 2.45) is 0 Å². The summed E-state index contributed by atoms with van der Waals surface area (Å²) in [7, 11) is 4.29. The van der Waals surface area contributed by atoms with E-state index in [1.807, 2.05) is 6.07 Å². The Kier molecular flexibility index (Phi) is 8.59. The first-order chi connectivity index (χ1) is 11.5. The summed E-state index contributed by atoms with van der Waals surface area (Å²) in [5.41, 5.74) is 3.87. The van der Waals surface area contributed by atoms with E-state index in [2.05, 4.69) is 69.2 Å². The third-order valence-electron chi connectivity index (χ3n) is 3.98. The van der Waals surface area contributed by atoms with Crippen LogP contribution in [0, 0.1) is 0 Å². The molecule has 0 amide bonds. The minimum absolute atomic E-state index is 0. The lowest BCUT2D eigenvalue weighted by molar-refractivity contribution is -0.885. The second-order valence-electron chi connectivity index (χ2n) is 6.64. The number of halogens is 1. The molecule has 25 heavy (non-hydrogen) atoms. The molecule has 134 valence electrons. The number of ether oxygens (including phenoxy) is 1. The number of esters is 1. The second kappa shape index (κ2) is 10.2. The number of allylic oxidation sites excluding steroid dienone is 3.